The number of hydrogen-bond donors (Lipinski definition) is 2. The van der Waals surface area contributed by atoms with E-state index in [9.17, 15) is 0 Å². The van der Waals surface area contributed by atoms with Crippen molar-refractivity contribution in [2.24, 2.45) is 23.5 Å². The van der Waals surface area contributed by atoms with Crippen LogP contribution in [-0.4, -0.2) is 11.7 Å². The molecule has 2 aromatic rings. The van der Waals surface area contributed by atoms with Crippen LogP contribution in [0.3, 0.4) is 0 Å². The predicted molar refractivity (Wildman–Crippen MR) is 130 cm³/mol. The average molecular weight is 410 g/mol. The van der Waals surface area contributed by atoms with E-state index in [-0.39, 0.29) is 0 Å². The van der Waals surface area contributed by atoms with Gasteiger partial charge in [0.15, 0.2) is 0 Å². The Balaban J connectivity index is 0.000000243. The van der Waals surface area contributed by atoms with Gasteiger partial charge in [0.2, 0.25) is 0 Å². The molecule has 0 aliphatic heterocycles. The minimum absolute atomic E-state index is 0.329. The smallest absolute Gasteiger partial charge is 0.115 e. The zero-order valence-corrected chi connectivity index (χ0v) is 19.4. The fourth-order valence-corrected chi connectivity index (χ4v) is 4.95. The largest absolute Gasteiger partial charge is 0.508 e. The zero-order valence-electron chi connectivity index (χ0n) is 19.4. The molecule has 2 heteroatoms. The highest BCUT2D eigenvalue weighted by Gasteiger charge is 2.30. The first-order chi connectivity index (χ1) is 14.5. The maximum absolute atomic E-state index is 8.76. The van der Waals surface area contributed by atoms with E-state index < -0.39 is 0 Å². The summed E-state index contributed by atoms with van der Waals surface area (Å²) < 4.78 is 0. The van der Waals surface area contributed by atoms with E-state index in [4.69, 9.17) is 10.8 Å². The molecule has 0 heterocycles. The fourth-order valence-electron chi connectivity index (χ4n) is 4.95. The van der Waals surface area contributed by atoms with E-state index in [2.05, 4.69) is 37.3 Å². The van der Waals surface area contributed by atoms with Gasteiger partial charge < -0.3 is 10.8 Å². The molecule has 0 bridgehead atoms. The van der Waals surface area contributed by atoms with Crippen LogP contribution >= 0.6 is 0 Å². The van der Waals surface area contributed by atoms with Gasteiger partial charge in [-0.25, -0.2) is 0 Å². The molecule has 2 aliphatic rings. The molecular weight excluding hydrogens is 366 g/mol. The lowest BCUT2D eigenvalue weighted by atomic mass is 9.68. The second-order valence-electron chi connectivity index (χ2n) is 9.29. The van der Waals surface area contributed by atoms with Gasteiger partial charge in [0.1, 0.15) is 5.75 Å². The van der Waals surface area contributed by atoms with Gasteiger partial charge in [0.25, 0.3) is 0 Å². The van der Waals surface area contributed by atoms with Crippen LogP contribution in [0.1, 0.15) is 82.3 Å². The fraction of sp³-hybridized carbons (Fsp3) is 0.571. The van der Waals surface area contributed by atoms with Gasteiger partial charge >= 0.3 is 0 Å². The Labute approximate surface area is 184 Å². The van der Waals surface area contributed by atoms with Crippen molar-refractivity contribution in [2.75, 3.05) is 6.54 Å². The van der Waals surface area contributed by atoms with Gasteiger partial charge in [-0.2, -0.15) is 0 Å². The van der Waals surface area contributed by atoms with Crippen molar-refractivity contribution in [3.8, 4) is 5.75 Å². The number of phenols is 1. The molecule has 0 spiro atoms. The van der Waals surface area contributed by atoms with Crippen LogP contribution in [0.5, 0.6) is 5.75 Å². The first kappa shape index (κ1) is 24.5. The molecule has 0 saturated heterocycles. The van der Waals surface area contributed by atoms with Crippen LogP contribution in [0.15, 0.2) is 54.6 Å². The molecule has 4 rings (SSSR count). The third kappa shape index (κ3) is 8.52. The van der Waals surface area contributed by atoms with Crippen molar-refractivity contribution in [3.63, 3.8) is 0 Å². The molecule has 0 aromatic heterocycles. The van der Waals surface area contributed by atoms with Crippen LogP contribution in [0.25, 0.3) is 0 Å². The highest BCUT2D eigenvalue weighted by molar-refractivity contribution is 5.24. The molecule has 3 N–H and O–H groups in total. The quantitative estimate of drug-likeness (QED) is 0.541. The Morgan fingerprint density at radius 2 is 1.23 bits per heavy atom. The summed E-state index contributed by atoms with van der Waals surface area (Å²) in [7, 11) is 0. The number of aromatic hydroxyl groups is 1. The second kappa shape index (κ2) is 13.5. The molecule has 2 nitrogen and oxygen atoms in total. The summed E-state index contributed by atoms with van der Waals surface area (Å²) in [5.74, 6) is 4.29. The number of rotatable bonds is 2. The Bertz CT molecular complexity index is 645. The number of aryl methyl sites for hydroxylation is 1. The Hall–Kier alpha value is -1.80. The average Bonchev–Trinajstić information content (AvgIpc) is 2.78. The molecule has 0 amide bonds. The number of benzene rings is 2. The molecule has 0 atom stereocenters. The third-order valence-corrected chi connectivity index (χ3v) is 6.80. The lowest BCUT2D eigenvalue weighted by molar-refractivity contribution is 0.165. The lowest BCUT2D eigenvalue weighted by Crippen LogP contribution is -2.24. The molecule has 30 heavy (non-hydrogen) atoms. The molecule has 0 unspecified atom stereocenters. The van der Waals surface area contributed by atoms with Crippen LogP contribution in [0, 0.1) is 24.7 Å². The first-order valence-corrected chi connectivity index (χ1v) is 12.0. The van der Waals surface area contributed by atoms with Crippen LogP contribution in [-0.2, 0) is 0 Å². The molecular formula is C28H43NO. The monoisotopic (exact) mass is 409 g/mol. The van der Waals surface area contributed by atoms with Crippen molar-refractivity contribution in [1.82, 2.24) is 0 Å². The van der Waals surface area contributed by atoms with Crippen LogP contribution in [0.2, 0.25) is 0 Å². The van der Waals surface area contributed by atoms with E-state index in [1.807, 2.05) is 26.0 Å². The molecule has 2 aliphatic carbocycles. The zero-order chi connectivity index (χ0) is 21.8. The number of hydrogen-bond acceptors (Lipinski definition) is 2. The van der Waals surface area contributed by atoms with Crippen LogP contribution in [0.4, 0.5) is 0 Å². The third-order valence-electron chi connectivity index (χ3n) is 6.80. The van der Waals surface area contributed by atoms with Gasteiger partial charge in [-0.15, -0.1) is 0 Å². The molecule has 166 valence electrons. The molecule has 2 fully saturated rings. The molecule has 2 saturated carbocycles. The van der Waals surface area contributed by atoms with Gasteiger partial charge in [-0.3, -0.25) is 0 Å². The van der Waals surface area contributed by atoms with Crippen molar-refractivity contribution in [3.05, 3.63) is 65.7 Å². The van der Waals surface area contributed by atoms with E-state index >= 15 is 0 Å². The standard InChI is InChI=1S/C19H28.C7H8O.C2H7N/c1-15-7-9-17(10-8-15)19-13-11-18(12-14-19)16-5-3-2-4-6-16;1-6-2-4-7(8)5-3-6;1-2-3/h2-6,15,17-19H,7-14H2,1H3;2-5,8H,1H3;2-3H2,1H3. The van der Waals surface area contributed by atoms with E-state index in [0.717, 1.165) is 30.2 Å². The van der Waals surface area contributed by atoms with Gasteiger partial charge in [-0.05, 0) is 93.4 Å². The highest BCUT2D eigenvalue weighted by atomic mass is 16.3. The van der Waals surface area contributed by atoms with E-state index in [1.165, 1.54) is 56.9 Å². The predicted octanol–water partition coefficient (Wildman–Crippen LogP) is 7.45. The second-order valence-corrected chi connectivity index (χ2v) is 9.29. The van der Waals surface area contributed by atoms with Gasteiger partial charge in [0, 0.05) is 0 Å². The normalized spacial score (nSPS) is 25.9. The summed E-state index contributed by atoms with van der Waals surface area (Å²) in [6.45, 7) is 7.07. The van der Waals surface area contributed by atoms with Crippen molar-refractivity contribution < 1.29 is 5.11 Å². The summed E-state index contributed by atoms with van der Waals surface area (Å²) in [5.41, 5.74) is 7.60. The maximum Gasteiger partial charge on any atom is 0.115 e. The lowest BCUT2D eigenvalue weighted by Gasteiger charge is -2.37. The van der Waals surface area contributed by atoms with Crippen LogP contribution < -0.4 is 5.73 Å². The van der Waals surface area contributed by atoms with Crippen molar-refractivity contribution >= 4 is 0 Å². The SMILES string of the molecule is CC1CCC(C2CCC(c3ccccc3)CC2)CC1.CCN.Cc1ccc(O)cc1. The Morgan fingerprint density at radius 3 is 1.70 bits per heavy atom. The summed E-state index contributed by atoms with van der Waals surface area (Å²) in [6.07, 6.45) is 11.8. The molecule has 2 aromatic carbocycles. The summed E-state index contributed by atoms with van der Waals surface area (Å²) >= 11 is 0. The summed E-state index contributed by atoms with van der Waals surface area (Å²) in [4.78, 5) is 0. The number of nitrogens with two attached hydrogens (primary N) is 1. The summed E-state index contributed by atoms with van der Waals surface area (Å²) in [5, 5.41) is 8.76. The van der Waals surface area contributed by atoms with Gasteiger partial charge in [-0.1, -0.05) is 74.7 Å². The topological polar surface area (TPSA) is 46.2 Å². The van der Waals surface area contributed by atoms with E-state index in [0.29, 0.717) is 5.75 Å². The Morgan fingerprint density at radius 1 is 0.767 bits per heavy atom. The molecule has 0 radical (unpaired) electrons. The summed E-state index contributed by atoms with van der Waals surface area (Å²) in [6, 6.07) is 18.3. The minimum atomic E-state index is 0.329. The minimum Gasteiger partial charge on any atom is -0.508 e. The Kier molecular flexibility index (Phi) is 11.0. The van der Waals surface area contributed by atoms with E-state index in [1.54, 1.807) is 17.7 Å². The van der Waals surface area contributed by atoms with Gasteiger partial charge in [0.05, 0.1) is 0 Å². The first-order valence-electron chi connectivity index (χ1n) is 12.0. The van der Waals surface area contributed by atoms with Crippen molar-refractivity contribution in [1.29, 1.82) is 0 Å². The highest BCUT2D eigenvalue weighted by Crippen LogP contribution is 2.43. The maximum atomic E-state index is 8.76. The number of phenolic OH excluding ortho intramolecular Hbond substituents is 1. The van der Waals surface area contributed by atoms with Crippen molar-refractivity contribution in [2.45, 2.75) is 78.1 Å².